The van der Waals surface area contributed by atoms with Gasteiger partial charge in [-0.25, -0.2) is 9.97 Å². The van der Waals surface area contributed by atoms with E-state index in [1.54, 1.807) is 18.2 Å². The average molecular weight is 469 g/mol. The van der Waals surface area contributed by atoms with Crippen LogP contribution >= 0.6 is 23.2 Å². The molecule has 3 rings (SSSR count). The van der Waals surface area contributed by atoms with Crippen LogP contribution in [0.4, 0.5) is 5.82 Å². The molecule has 0 spiro atoms. The van der Waals surface area contributed by atoms with E-state index < -0.39 is 10.8 Å². The van der Waals surface area contributed by atoms with Crippen molar-refractivity contribution in [3.05, 3.63) is 45.3 Å². The number of aromatic nitrogens is 3. The number of nitrogen functional groups attached to an aromatic ring is 1. The predicted molar refractivity (Wildman–Crippen MR) is 124 cm³/mol. The van der Waals surface area contributed by atoms with Crippen LogP contribution in [-0.4, -0.2) is 31.1 Å². The highest BCUT2D eigenvalue weighted by Crippen LogP contribution is 2.27. The number of unbranched alkanes of at least 4 members (excludes halogenated alkanes) is 1. The Bertz CT molecular complexity index is 1080. The number of pyridine rings is 1. The summed E-state index contributed by atoms with van der Waals surface area (Å²) in [6, 6.07) is 5.06. The molecule has 1 unspecified atom stereocenters. The van der Waals surface area contributed by atoms with Crippen LogP contribution in [0, 0.1) is 13.8 Å². The minimum Gasteiger partial charge on any atom is -0.382 e. The van der Waals surface area contributed by atoms with Crippen LogP contribution in [0.25, 0.3) is 11.0 Å². The molecule has 0 amide bonds. The van der Waals surface area contributed by atoms with Crippen molar-refractivity contribution in [2.75, 3.05) is 18.1 Å². The van der Waals surface area contributed by atoms with E-state index in [0.29, 0.717) is 45.2 Å². The molecule has 3 aromatic rings. The van der Waals surface area contributed by atoms with Crippen LogP contribution < -0.4 is 5.73 Å². The second kappa shape index (κ2) is 10.1. The minimum atomic E-state index is -1.17. The van der Waals surface area contributed by atoms with Crippen molar-refractivity contribution < 1.29 is 8.95 Å². The third-order valence-electron chi connectivity index (χ3n) is 5.01. The molecule has 2 aromatic heterocycles. The molecule has 0 bridgehead atoms. The topological polar surface area (TPSA) is 83.0 Å². The number of nitrogens with two attached hydrogens (primary N) is 1. The van der Waals surface area contributed by atoms with Crippen molar-refractivity contribution >= 4 is 50.9 Å². The summed E-state index contributed by atoms with van der Waals surface area (Å²) in [7, 11) is -1.17. The third-order valence-corrected chi connectivity index (χ3v) is 7.18. The van der Waals surface area contributed by atoms with E-state index in [9.17, 15) is 4.21 Å². The Kier molecular flexibility index (Phi) is 7.74. The Hall–Kier alpha value is -1.67. The summed E-state index contributed by atoms with van der Waals surface area (Å²) >= 11 is 12.1. The predicted octanol–water partition coefficient (Wildman–Crippen LogP) is 5.06. The van der Waals surface area contributed by atoms with Crippen molar-refractivity contribution in [1.29, 1.82) is 0 Å². The van der Waals surface area contributed by atoms with Crippen LogP contribution in [0.5, 0.6) is 0 Å². The van der Waals surface area contributed by atoms with Gasteiger partial charge in [0.2, 0.25) is 0 Å². The maximum absolute atomic E-state index is 12.6. The largest absolute Gasteiger partial charge is 0.382 e. The second-order valence-corrected chi connectivity index (χ2v) is 9.44. The van der Waals surface area contributed by atoms with Crippen LogP contribution in [-0.2, 0) is 28.7 Å². The molecule has 0 saturated heterocycles. The van der Waals surface area contributed by atoms with Gasteiger partial charge in [0.05, 0.1) is 26.2 Å². The lowest BCUT2D eigenvalue weighted by Gasteiger charge is -2.12. The first-order valence-electron chi connectivity index (χ1n) is 9.86. The van der Waals surface area contributed by atoms with Crippen LogP contribution in [0.2, 0.25) is 10.0 Å². The number of benzene rings is 1. The Labute approximate surface area is 189 Å². The summed E-state index contributed by atoms with van der Waals surface area (Å²) in [4.78, 5) is 9.72. The number of halogens is 2. The van der Waals surface area contributed by atoms with Crippen LogP contribution in [0.15, 0.2) is 23.1 Å². The quantitative estimate of drug-likeness (QED) is 0.443. The highest BCUT2D eigenvalue weighted by atomic mass is 35.5. The molecule has 0 saturated carbocycles. The van der Waals surface area contributed by atoms with Crippen LogP contribution in [0.3, 0.4) is 0 Å². The zero-order chi connectivity index (χ0) is 21.8. The molecule has 2 N–H and O–H groups in total. The number of rotatable bonds is 9. The normalized spacial score (nSPS) is 12.6. The van der Waals surface area contributed by atoms with Gasteiger partial charge >= 0.3 is 0 Å². The minimum absolute atomic E-state index is 0.412. The van der Waals surface area contributed by atoms with Gasteiger partial charge in [0.1, 0.15) is 17.9 Å². The molecule has 6 nitrogen and oxygen atoms in total. The van der Waals surface area contributed by atoms with Gasteiger partial charge in [0.15, 0.2) is 5.82 Å². The molecule has 1 atom stereocenters. The summed E-state index contributed by atoms with van der Waals surface area (Å²) in [5.74, 6) is 1.79. The first kappa shape index (κ1) is 23.0. The van der Waals surface area contributed by atoms with E-state index in [1.165, 1.54) is 0 Å². The maximum Gasteiger partial charge on any atom is 0.151 e. The van der Waals surface area contributed by atoms with Gasteiger partial charge in [-0.2, -0.15) is 0 Å². The van der Waals surface area contributed by atoms with E-state index in [1.807, 2.05) is 20.8 Å². The number of ether oxygens (including phenoxy) is 1. The van der Waals surface area contributed by atoms with E-state index in [0.717, 1.165) is 42.0 Å². The number of hydrogen-bond donors (Lipinski definition) is 1. The Balaban J connectivity index is 1.75. The molecular formula is C21H26Cl2N4O2S. The molecule has 2 heterocycles. The van der Waals surface area contributed by atoms with Gasteiger partial charge in [0, 0.05) is 29.6 Å². The van der Waals surface area contributed by atoms with Crippen molar-refractivity contribution in [3.63, 3.8) is 0 Å². The van der Waals surface area contributed by atoms with Gasteiger partial charge in [-0.3, -0.25) is 4.21 Å². The second-order valence-electron chi connectivity index (χ2n) is 7.05. The number of hydrogen-bond acceptors (Lipinski definition) is 5. The van der Waals surface area contributed by atoms with Gasteiger partial charge < -0.3 is 15.0 Å². The fraction of sp³-hybridized carbons (Fsp3) is 0.429. The zero-order valence-electron chi connectivity index (χ0n) is 17.4. The van der Waals surface area contributed by atoms with E-state index >= 15 is 0 Å². The number of fused-ring (bicyclic) bond motifs is 1. The SMILES string of the molecule is CCOCc1nc2c(N)nc(C)c(C)c2n1CCCCS(=O)c1ccc(Cl)cc1Cl. The van der Waals surface area contributed by atoms with Gasteiger partial charge in [-0.05, 0) is 57.4 Å². The number of anilines is 1. The summed E-state index contributed by atoms with van der Waals surface area (Å²) in [6.45, 7) is 7.68. The Morgan fingerprint density at radius 1 is 1.20 bits per heavy atom. The molecular weight excluding hydrogens is 443 g/mol. The fourth-order valence-corrected chi connectivity index (χ4v) is 5.21. The molecule has 0 aliphatic heterocycles. The zero-order valence-corrected chi connectivity index (χ0v) is 19.7. The molecule has 30 heavy (non-hydrogen) atoms. The molecule has 0 aliphatic carbocycles. The fourth-order valence-electron chi connectivity index (χ4n) is 3.36. The molecule has 1 aromatic carbocycles. The van der Waals surface area contributed by atoms with Gasteiger partial charge in [-0.1, -0.05) is 23.2 Å². The smallest absolute Gasteiger partial charge is 0.151 e. The van der Waals surface area contributed by atoms with Crippen LogP contribution in [0.1, 0.15) is 36.8 Å². The van der Waals surface area contributed by atoms with Crippen molar-refractivity contribution in [2.45, 2.75) is 51.7 Å². The van der Waals surface area contributed by atoms with Crippen molar-refractivity contribution in [1.82, 2.24) is 14.5 Å². The maximum atomic E-state index is 12.6. The summed E-state index contributed by atoms with van der Waals surface area (Å²) in [5, 5.41) is 0.975. The summed E-state index contributed by atoms with van der Waals surface area (Å²) in [6.07, 6.45) is 1.61. The molecule has 0 radical (unpaired) electrons. The highest BCUT2D eigenvalue weighted by molar-refractivity contribution is 7.85. The Morgan fingerprint density at radius 2 is 1.97 bits per heavy atom. The number of nitrogens with zero attached hydrogens (tertiary/aromatic N) is 3. The van der Waals surface area contributed by atoms with Crippen molar-refractivity contribution in [3.8, 4) is 0 Å². The average Bonchev–Trinajstić information content (AvgIpc) is 3.06. The van der Waals surface area contributed by atoms with Crippen molar-refractivity contribution in [2.24, 2.45) is 0 Å². The lowest BCUT2D eigenvalue weighted by molar-refractivity contribution is 0.126. The molecule has 162 valence electrons. The summed E-state index contributed by atoms with van der Waals surface area (Å²) in [5.41, 5.74) is 9.79. The first-order chi connectivity index (χ1) is 14.3. The number of aryl methyl sites for hydroxylation is 3. The lowest BCUT2D eigenvalue weighted by atomic mass is 10.2. The molecule has 0 aliphatic rings. The first-order valence-corrected chi connectivity index (χ1v) is 11.9. The van der Waals surface area contributed by atoms with E-state index in [4.69, 9.17) is 38.7 Å². The number of imidazole rings is 1. The third kappa shape index (κ3) is 4.97. The summed E-state index contributed by atoms with van der Waals surface area (Å²) < 4.78 is 20.4. The van der Waals surface area contributed by atoms with E-state index in [2.05, 4.69) is 9.55 Å². The standard InChI is InChI=1S/C21H26Cl2N4O2S/c1-4-29-12-18-26-19-20(13(2)14(3)25-21(19)24)27(18)9-5-6-10-30(28)17-8-7-15(22)11-16(17)23/h7-8,11H,4-6,9-10,12H2,1-3H3,(H2,24,25). The highest BCUT2D eigenvalue weighted by Gasteiger charge is 2.18. The molecule has 0 fully saturated rings. The lowest BCUT2D eigenvalue weighted by Crippen LogP contribution is -2.08. The van der Waals surface area contributed by atoms with Gasteiger partial charge in [0.25, 0.3) is 0 Å². The Morgan fingerprint density at radius 3 is 2.67 bits per heavy atom. The van der Waals surface area contributed by atoms with Gasteiger partial charge in [-0.15, -0.1) is 0 Å². The van der Waals surface area contributed by atoms with E-state index in [-0.39, 0.29) is 0 Å². The monoisotopic (exact) mass is 468 g/mol. The molecule has 9 heteroatoms.